The molecule has 0 fully saturated rings. The van der Waals surface area contributed by atoms with Gasteiger partial charge in [-0.3, -0.25) is 19.5 Å². The van der Waals surface area contributed by atoms with Crippen molar-refractivity contribution in [3.63, 3.8) is 0 Å². The number of carbonyl (C=O) groups is 1. The molecule has 0 unspecified atom stereocenters. The van der Waals surface area contributed by atoms with E-state index >= 15 is 0 Å². The number of hydrogen-bond donors (Lipinski definition) is 1. The van der Waals surface area contributed by atoms with Crippen LogP contribution in [0.4, 0.5) is 5.69 Å². The number of aryl methyl sites for hydroxylation is 1. The summed E-state index contributed by atoms with van der Waals surface area (Å²) >= 11 is 20.2. The Morgan fingerprint density at radius 1 is 1.06 bits per heavy atom. The predicted octanol–water partition coefficient (Wildman–Crippen LogP) is 6.67. The predicted molar refractivity (Wildman–Crippen MR) is 141 cm³/mol. The Balaban J connectivity index is 1.60. The first-order valence-corrected chi connectivity index (χ1v) is 12.6. The monoisotopic (exact) mass is 561 g/mol. The zero-order chi connectivity index (χ0) is 25.8. The van der Waals surface area contributed by atoms with Gasteiger partial charge in [-0.25, -0.2) is 0 Å². The summed E-state index contributed by atoms with van der Waals surface area (Å²) in [5.74, 6) is 0.563. The van der Waals surface area contributed by atoms with Crippen LogP contribution in [-0.4, -0.2) is 25.6 Å². The van der Waals surface area contributed by atoms with Crippen molar-refractivity contribution in [3.05, 3.63) is 108 Å². The molecule has 36 heavy (non-hydrogen) atoms. The fourth-order valence-electron chi connectivity index (χ4n) is 3.42. The molecule has 0 saturated heterocycles. The van der Waals surface area contributed by atoms with Gasteiger partial charge in [0.05, 0.1) is 32.8 Å². The topological polar surface area (TPSA) is 103 Å². The van der Waals surface area contributed by atoms with Gasteiger partial charge in [-0.15, -0.1) is 10.2 Å². The second kappa shape index (κ2) is 11.3. The minimum atomic E-state index is -0.581. The van der Waals surface area contributed by atoms with Gasteiger partial charge < -0.3 is 5.32 Å². The van der Waals surface area contributed by atoms with E-state index in [0.29, 0.717) is 32.5 Å². The number of thioether (sulfide) groups is 1. The van der Waals surface area contributed by atoms with Crippen molar-refractivity contribution < 1.29 is 9.72 Å². The number of amides is 1. The number of carbonyl (C=O) groups excluding carboxylic acids is 1. The molecule has 0 aliphatic heterocycles. The zero-order valence-corrected chi connectivity index (χ0v) is 21.8. The largest absolute Gasteiger partial charge is 0.345 e. The van der Waals surface area contributed by atoms with Crippen LogP contribution in [-0.2, 0) is 12.3 Å². The molecule has 4 aromatic rings. The van der Waals surface area contributed by atoms with Crippen molar-refractivity contribution in [2.75, 3.05) is 0 Å². The molecule has 3 aromatic carbocycles. The number of aromatic nitrogens is 3. The van der Waals surface area contributed by atoms with Gasteiger partial charge in [0.15, 0.2) is 11.0 Å². The van der Waals surface area contributed by atoms with Gasteiger partial charge in [-0.05, 0) is 36.8 Å². The SMILES string of the molecule is Cc1cccc(CSc2nnc(CNC(=O)c3ccc([N+](=O)[O-])cc3Cl)n2-c2ccc(Cl)cc2Cl)c1. The second-order valence-electron chi connectivity index (χ2n) is 7.71. The van der Waals surface area contributed by atoms with E-state index in [1.165, 1.54) is 23.9 Å². The Kier molecular flexibility index (Phi) is 8.15. The number of rotatable bonds is 8. The van der Waals surface area contributed by atoms with Crippen LogP contribution in [0.3, 0.4) is 0 Å². The number of halogens is 3. The van der Waals surface area contributed by atoms with Crippen molar-refractivity contribution in [2.24, 2.45) is 0 Å². The van der Waals surface area contributed by atoms with E-state index in [4.69, 9.17) is 34.8 Å². The number of nitro groups is 1. The van der Waals surface area contributed by atoms with Gasteiger partial charge in [-0.2, -0.15) is 0 Å². The average molecular weight is 563 g/mol. The maximum absolute atomic E-state index is 12.8. The van der Waals surface area contributed by atoms with Crippen LogP contribution < -0.4 is 5.32 Å². The molecule has 0 aliphatic carbocycles. The third-order valence-corrected chi connectivity index (χ3v) is 6.97. The molecule has 0 bridgehead atoms. The maximum Gasteiger partial charge on any atom is 0.270 e. The van der Waals surface area contributed by atoms with Crippen molar-refractivity contribution >= 4 is 58.2 Å². The van der Waals surface area contributed by atoms with Crippen molar-refractivity contribution in [3.8, 4) is 5.69 Å². The van der Waals surface area contributed by atoms with E-state index in [1.807, 2.05) is 25.1 Å². The normalized spacial score (nSPS) is 10.9. The summed E-state index contributed by atoms with van der Waals surface area (Å²) in [5.41, 5.74) is 2.79. The Morgan fingerprint density at radius 3 is 2.56 bits per heavy atom. The summed E-state index contributed by atoms with van der Waals surface area (Å²) in [6.07, 6.45) is 0. The lowest BCUT2D eigenvalue weighted by Gasteiger charge is -2.13. The second-order valence-corrected chi connectivity index (χ2v) is 9.90. The molecule has 4 rings (SSSR count). The highest BCUT2D eigenvalue weighted by Crippen LogP contribution is 2.31. The highest BCUT2D eigenvalue weighted by molar-refractivity contribution is 7.98. The molecule has 0 aliphatic rings. The standard InChI is InChI=1S/C24H18Cl3N5O3S/c1-14-3-2-4-15(9-14)13-36-24-30-29-22(31(24)21-8-5-16(25)10-20(21)27)12-28-23(33)18-7-6-17(32(34)35)11-19(18)26/h2-11H,12-13H2,1H3,(H,28,33). The first-order chi connectivity index (χ1) is 17.2. The summed E-state index contributed by atoms with van der Waals surface area (Å²) in [6, 6.07) is 16.9. The highest BCUT2D eigenvalue weighted by atomic mass is 35.5. The molecule has 1 N–H and O–H groups in total. The lowest BCUT2D eigenvalue weighted by Crippen LogP contribution is -2.25. The van der Waals surface area contributed by atoms with E-state index in [9.17, 15) is 14.9 Å². The molecule has 1 heterocycles. The Hall–Kier alpha value is -3.11. The van der Waals surface area contributed by atoms with Gasteiger partial charge in [0.2, 0.25) is 0 Å². The number of nitrogens with one attached hydrogen (secondary N) is 1. The van der Waals surface area contributed by atoms with Crippen LogP contribution in [0.1, 0.15) is 27.3 Å². The Bertz CT molecular complexity index is 1460. The third-order valence-electron chi connectivity index (χ3n) is 5.12. The molecule has 184 valence electrons. The summed E-state index contributed by atoms with van der Waals surface area (Å²) < 4.78 is 1.76. The van der Waals surface area contributed by atoms with E-state index < -0.39 is 10.8 Å². The smallest absolute Gasteiger partial charge is 0.270 e. The van der Waals surface area contributed by atoms with Crippen molar-refractivity contribution in [1.29, 1.82) is 0 Å². The molecule has 1 aromatic heterocycles. The Morgan fingerprint density at radius 2 is 1.86 bits per heavy atom. The van der Waals surface area contributed by atoms with Crippen molar-refractivity contribution in [2.45, 2.75) is 24.4 Å². The van der Waals surface area contributed by atoms with Gasteiger partial charge in [0.1, 0.15) is 0 Å². The molecular formula is C24H18Cl3N5O3S. The summed E-state index contributed by atoms with van der Waals surface area (Å²) in [5, 5.41) is 23.7. The van der Waals surface area contributed by atoms with Crippen LogP contribution >= 0.6 is 46.6 Å². The lowest BCUT2D eigenvalue weighted by molar-refractivity contribution is -0.384. The summed E-state index contributed by atoms with van der Waals surface area (Å²) in [7, 11) is 0. The number of nitro benzene ring substituents is 1. The number of benzene rings is 3. The molecule has 0 spiro atoms. The van der Waals surface area contributed by atoms with Crippen LogP contribution in [0.15, 0.2) is 65.8 Å². The first-order valence-electron chi connectivity index (χ1n) is 10.5. The fraction of sp³-hybridized carbons (Fsp3) is 0.125. The van der Waals surface area contributed by atoms with Crippen molar-refractivity contribution in [1.82, 2.24) is 20.1 Å². The quantitative estimate of drug-likeness (QED) is 0.146. The third kappa shape index (κ3) is 5.99. The van der Waals surface area contributed by atoms with E-state index in [1.54, 1.807) is 22.8 Å². The van der Waals surface area contributed by atoms with E-state index in [-0.39, 0.29) is 22.8 Å². The zero-order valence-electron chi connectivity index (χ0n) is 18.7. The molecule has 0 radical (unpaired) electrons. The highest BCUT2D eigenvalue weighted by Gasteiger charge is 2.20. The van der Waals surface area contributed by atoms with Gasteiger partial charge in [-0.1, -0.05) is 76.4 Å². The molecule has 12 heteroatoms. The average Bonchev–Trinajstić information content (AvgIpc) is 3.23. The van der Waals surface area contributed by atoms with Gasteiger partial charge >= 0.3 is 0 Å². The number of nitrogens with zero attached hydrogens (tertiary/aromatic N) is 4. The van der Waals surface area contributed by atoms with Crippen LogP contribution in [0.25, 0.3) is 5.69 Å². The number of hydrogen-bond acceptors (Lipinski definition) is 6. The maximum atomic E-state index is 12.8. The van der Waals surface area contributed by atoms with Crippen LogP contribution in [0.2, 0.25) is 15.1 Å². The number of non-ortho nitro benzene ring substituents is 1. The summed E-state index contributed by atoms with van der Waals surface area (Å²) in [6.45, 7) is 2.03. The van der Waals surface area contributed by atoms with Gasteiger partial charge in [0, 0.05) is 22.9 Å². The molecule has 8 nitrogen and oxygen atoms in total. The minimum absolute atomic E-state index is 0.00309. The molecule has 0 atom stereocenters. The molecule has 0 saturated carbocycles. The molecular weight excluding hydrogens is 545 g/mol. The molecule has 1 amide bonds. The van der Waals surface area contributed by atoms with Gasteiger partial charge in [0.25, 0.3) is 11.6 Å². The van der Waals surface area contributed by atoms with E-state index in [2.05, 4.69) is 21.6 Å². The summed E-state index contributed by atoms with van der Waals surface area (Å²) in [4.78, 5) is 23.1. The van der Waals surface area contributed by atoms with Crippen LogP contribution in [0.5, 0.6) is 0 Å². The Labute approximate surface area is 225 Å². The first kappa shape index (κ1) is 26.0. The minimum Gasteiger partial charge on any atom is -0.345 e. The lowest BCUT2D eigenvalue weighted by atomic mass is 10.2. The van der Waals surface area contributed by atoms with E-state index in [0.717, 1.165) is 17.2 Å². The fourth-order valence-corrected chi connectivity index (χ4v) is 5.08. The van der Waals surface area contributed by atoms with Crippen LogP contribution in [0, 0.1) is 17.0 Å².